The van der Waals surface area contributed by atoms with Gasteiger partial charge in [-0.25, -0.2) is 4.98 Å². The number of thioether (sulfide) groups is 1. The van der Waals surface area contributed by atoms with Crippen LogP contribution in [0.2, 0.25) is 0 Å². The summed E-state index contributed by atoms with van der Waals surface area (Å²) in [5.74, 6) is 1.41. The topological polar surface area (TPSA) is 64.7 Å². The number of hydrogen-bond acceptors (Lipinski definition) is 6. The number of nitrogens with zero attached hydrogens (tertiary/aromatic N) is 3. The maximum absolute atomic E-state index is 5.59. The van der Waals surface area contributed by atoms with Gasteiger partial charge in [0, 0.05) is 11.9 Å². The Kier molecular flexibility index (Phi) is 3.17. The van der Waals surface area contributed by atoms with Crippen LogP contribution in [0.25, 0.3) is 0 Å². The predicted molar refractivity (Wildman–Crippen MR) is 62.9 cm³/mol. The summed E-state index contributed by atoms with van der Waals surface area (Å²) in [6, 6.07) is 3.83. The van der Waals surface area contributed by atoms with Gasteiger partial charge in [0.1, 0.15) is 10.8 Å². The van der Waals surface area contributed by atoms with Crippen LogP contribution in [-0.2, 0) is 5.75 Å². The van der Waals surface area contributed by atoms with Crippen molar-refractivity contribution in [1.29, 1.82) is 0 Å². The number of anilines is 1. The molecule has 0 atom stereocenters. The van der Waals surface area contributed by atoms with Crippen molar-refractivity contribution >= 4 is 28.9 Å². The van der Waals surface area contributed by atoms with E-state index in [1.165, 1.54) is 0 Å². The van der Waals surface area contributed by atoms with E-state index in [9.17, 15) is 0 Å². The van der Waals surface area contributed by atoms with Crippen molar-refractivity contribution in [1.82, 2.24) is 15.2 Å². The Morgan fingerprint density at radius 2 is 2.33 bits per heavy atom. The third kappa shape index (κ3) is 2.90. The van der Waals surface area contributed by atoms with Gasteiger partial charge in [-0.05, 0) is 24.6 Å². The molecule has 0 aliphatic carbocycles. The molecule has 4 nitrogen and oxygen atoms in total. The van der Waals surface area contributed by atoms with Crippen molar-refractivity contribution in [3.63, 3.8) is 0 Å². The number of aryl methyl sites for hydroxylation is 1. The molecule has 15 heavy (non-hydrogen) atoms. The monoisotopic (exact) mass is 238 g/mol. The summed E-state index contributed by atoms with van der Waals surface area (Å²) in [6.07, 6.45) is 1.72. The minimum absolute atomic E-state index is 0.557. The number of hydrogen-bond donors (Lipinski definition) is 1. The van der Waals surface area contributed by atoms with Crippen molar-refractivity contribution in [2.24, 2.45) is 0 Å². The van der Waals surface area contributed by atoms with E-state index in [2.05, 4.69) is 15.2 Å². The van der Waals surface area contributed by atoms with Crippen LogP contribution in [0, 0.1) is 6.92 Å². The Bertz CT molecular complexity index is 455. The van der Waals surface area contributed by atoms with Crippen LogP contribution < -0.4 is 5.73 Å². The summed E-state index contributed by atoms with van der Waals surface area (Å²) >= 11 is 3.27. The highest BCUT2D eigenvalue weighted by Crippen LogP contribution is 2.25. The molecule has 0 aromatic carbocycles. The fourth-order valence-electron chi connectivity index (χ4n) is 1.07. The second-order valence-corrected chi connectivity index (χ2v) is 5.37. The number of nitrogen functional groups attached to an aromatic ring is 1. The van der Waals surface area contributed by atoms with E-state index in [1.807, 2.05) is 19.1 Å². The maximum atomic E-state index is 5.59. The lowest BCUT2D eigenvalue weighted by Crippen LogP contribution is -1.90. The molecule has 0 saturated heterocycles. The lowest BCUT2D eigenvalue weighted by molar-refractivity contribution is 0.983. The number of nitrogens with two attached hydrogens (primary N) is 1. The van der Waals surface area contributed by atoms with Crippen molar-refractivity contribution in [2.75, 3.05) is 5.73 Å². The second kappa shape index (κ2) is 4.59. The van der Waals surface area contributed by atoms with Gasteiger partial charge in [-0.3, -0.25) is 0 Å². The molecule has 78 valence electrons. The third-order valence-corrected chi connectivity index (χ3v) is 3.76. The fraction of sp³-hybridized carbons (Fsp3) is 0.222. The molecular weight excluding hydrogens is 228 g/mol. The van der Waals surface area contributed by atoms with E-state index in [0.29, 0.717) is 5.82 Å². The molecule has 2 aromatic rings. The molecule has 2 heterocycles. The van der Waals surface area contributed by atoms with Crippen LogP contribution in [0.15, 0.2) is 22.7 Å². The van der Waals surface area contributed by atoms with E-state index in [4.69, 9.17) is 5.73 Å². The second-order valence-electron chi connectivity index (χ2n) is 2.96. The minimum atomic E-state index is 0.557. The number of rotatable bonds is 3. The van der Waals surface area contributed by atoms with Gasteiger partial charge < -0.3 is 5.73 Å². The van der Waals surface area contributed by atoms with Gasteiger partial charge in [-0.2, -0.15) is 0 Å². The molecule has 0 radical (unpaired) electrons. The standard InChI is InChI=1S/C9H10N4S2/c1-6-12-13-9(15-6)14-5-7-2-3-11-8(10)4-7/h2-4H,5H2,1H3,(H2,10,11). The van der Waals surface area contributed by atoms with E-state index in [1.54, 1.807) is 29.3 Å². The van der Waals surface area contributed by atoms with Crippen molar-refractivity contribution < 1.29 is 0 Å². The lowest BCUT2D eigenvalue weighted by Gasteiger charge is -1.98. The zero-order chi connectivity index (χ0) is 10.7. The first-order chi connectivity index (χ1) is 7.24. The van der Waals surface area contributed by atoms with Crippen molar-refractivity contribution in [2.45, 2.75) is 17.0 Å². The molecule has 0 spiro atoms. The quantitative estimate of drug-likeness (QED) is 0.830. The molecular formula is C9H10N4S2. The zero-order valence-electron chi connectivity index (χ0n) is 8.17. The highest BCUT2D eigenvalue weighted by atomic mass is 32.2. The van der Waals surface area contributed by atoms with Crippen LogP contribution >= 0.6 is 23.1 Å². The molecule has 0 saturated carbocycles. The van der Waals surface area contributed by atoms with Gasteiger partial charge in [0.2, 0.25) is 0 Å². The largest absolute Gasteiger partial charge is 0.384 e. The molecule has 0 bridgehead atoms. The Balaban J connectivity index is 1.99. The Labute approximate surface area is 95.9 Å². The molecule has 0 aliphatic heterocycles. The molecule has 2 aromatic heterocycles. The molecule has 0 amide bonds. The summed E-state index contributed by atoms with van der Waals surface area (Å²) in [7, 11) is 0. The number of aromatic nitrogens is 3. The van der Waals surface area contributed by atoms with Gasteiger partial charge in [0.05, 0.1) is 0 Å². The van der Waals surface area contributed by atoms with Crippen LogP contribution in [-0.4, -0.2) is 15.2 Å². The van der Waals surface area contributed by atoms with Crippen LogP contribution in [0.5, 0.6) is 0 Å². The third-order valence-electron chi connectivity index (χ3n) is 1.72. The first-order valence-corrected chi connectivity index (χ1v) is 6.17. The van der Waals surface area contributed by atoms with Gasteiger partial charge in [-0.15, -0.1) is 10.2 Å². The smallest absolute Gasteiger partial charge is 0.174 e. The summed E-state index contributed by atoms with van der Waals surface area (Å²) < 4.78 is 0.989. The summed E-state index contributed by atoms with van der Waals surface area (Å²) in [4.78, 5) is 3.94. The molecule has 2 N–H and O–H groups in total. The minimum Gasteiger partial charge on any atom is -0.384 e. The number of pyridine rings is 1. The first kappa shape index (κ1) is 10.4. The van der Waals surface area contributed by atoms with Crippen LogP contribution in [0.1, 0.15) is 10.6 Å². The van der Waals surface area contributed by atoms with E-state index < -0.39 is 0 Å². The highest BCUT2D eigenvalue weighted by molar-refractivity contribution is 8.00. The van der Waals surface area contributed by atoms with Gasteiger partial charge >= 0.3 is 0 Å². The van der Waals surface area contributed by atoms with E-state index in [-0.39, 0.29) is 0 Å². The van der Waals surface area contributed by atoms with Crippen molar-refractivity contribution in [3.05, 3.63) is 28.9 Å². The first-order valence-electron chi connectivity index (χ1n) is 4.37. The van der Waals surface area contributed by atoms with Gasteiger partial charge in [0.15, 0.2) is 4.34 Å². The Hall–Kier alpha value is -1.14. The molecule has 0 unspecified atom stereocenters. The van der Waals surface area contributed by atoms with E-state index in [0.717, 1.165) is 20.7 Å². The summed E-state index contributed by atoms with van der Waals surface area (Å²) in [6.45, 7) is 1.95. The summed E-state index contributed by atoms with van der Waals surface area (Å²) in [5.41, 5.74) is 6.74. The summed E-state index contributed by atoms with van der Waals surface area (Å²) in [5, 5.41) is 8.99. The molecule has 6 heteroatoms. The highest BCUT2D eigenvalue weighted by Gasteiger charge is 2.02. The fourth-order valence-corrected chi connectivity index (χ4v) is 2.82. The molecule has 0 aliphatic rings. The Morgan fingerprint density at radius 3 is 3.00 bits per heavy atom. The van der Waals surface area contributed by atoms with Gasteiger partial charge in [-0.1, -0.05) is 23.1 Å². The molecule has 0 fully saturated rings. The van der Waals surface area contributed by atoms with Crippen LogP contribution in [0.4, 0.5) is 5.82 Å². The maximum Gasteiger partial charge on any atom is 0.174 e. The van der Waals surface area contributed by atoms with E-state index >= 15 is 0 Å². The average molecular weight is 238 g/mol. The average Bonchev–Trinajstić information content (AvgIpc) is 2.62. The van der Waals surface area contributed by atoms with Crippen molar-refractivity contribution in [3.8, 4) is 0 Å². The zero-order valence-corrected chi connectivity index (χ0v) is 9.81. The molecule has 2 rings (SSSR count). The normalized spacial score (nSPS) is 10.5. The lowest BCUT2D eigenvalue weighted by atomic mass is 10.3. The van der Waals surface area contributed by atoms with Crippen LogP contribution in [0.3, 0.4) is 0 Å². The SMILES string of the molecule is Cc1nnc(SCc2ccnc(N)c2)s1. The predicted octanol–water partition coefficient (Wildman–Crippen LogP) is 2.12. The van der Waals surface area contributed by atoms with Gasteiger partial charge in [0.25, 0.3) is 0 Å². The Morgan fingerprint density at radius 1 is 1.47 bits per heavy atom.